The van der Waals surface area contributed by atoms with Crippen molar-refractivity contribution in [3.8, 4) is 17.2 Å². The van der Waals surface area contributed by atoms with Crippen LogP contribution in [0.25, 0.3) is 11.0 Å². The predicted molar refractivity (Wildman–Crippen MR) is 127 cm³/mol. The van der Waals surface area contributed by atoms with Crippen molar-refractivity contribution < 1.29 is 19.0 Å². The van der Waals surface area contributed by atoms with Crippen LogP contribution in [-0.2, 0) is 11.3 Å². The highest BCUT2D eigenvalue weighted by molar-refractivity contribution is 7.99. The van der Waals surface area contributed by atoms with Crippen LogP contribution in [-0.4, -0.2) is 58.6 Å². The number of imidazole rings is 1. The van der Waals surface area contributed by atoms with Gasteiger partial charge in [-0.25, -0.2) is 4.98 Å². The van der Waals surface area contributed by atoms with Gasteiger partial charge in [0.15, 0.2) is 16.7 Å². The van der Waals surface area contributed by atoms with Crippen molar-refractivity contribution in [1.82, 2.24) is 20.2 Å². The number of carbonyl (C=O) groups excluding carboxylic acids is 1. The van der Waals surface area contributed by atoms with E-state index in [0.717, 1.165) is 34.7 Å². The number of nitrogens with zero attached hydrogens (tertiary/aromatic N) is 2. The number of rotatable bonds is 7. The fourth-order valence-corrected chi connectivity index (χ4v) is 5.61. The van der Waals surface area contributed by atoms with Crippen molar-refractivity contribution in [2.24, 2.45) is 0 Å². The Morgan fingerprint density at radius 2 is 2.18 bits per heavy atom. The lowest BCUT2D eigenvalue weighted by atomic mass is 10.1. The summed E-state index contributed by atoms with van der Waals surface area (Å²) in [5, 5.41) is 4.21. The van der Waals surface area contributed by atoms with E-state index in [1.807, 2.05) is 50.2 Å². The summed E-state index contributed by atoms with van der Waals surface area (Å²) in [4.78, 5) is 23.4. The van der Waals surface area contributed by atoms with Crippen LogP contribution in [0.5, 0.6) is 17.2 Å². The normalized spacial score (nSPS) is 20.0. The molecular weight excluding hydrogens is 440 g/mol. The second kappa shape index (κ2) is 9.15. The number of H-pyrrole nitrogens is 1. The number of amides is 1. The second-order valence-corrected chi connectivity index (χ2v) is 9.96. The highest BCUT2D eigenvalue weighted by atomic mass is 32.2. The maximum atomic E-state index is 13.1. The van der Waals surface area contributed by atoms with E-state index in [1.165, 1.54) is 0 Å². The molecule has 0 aliphatic carbocycles. The van der Waals surface area contributed by atoms with Crippen molar-refractivity contribution in [3.05, 3.63) is 42.0 Å². The average molecular weight is 469 g/mol. The van der Waals surface area contributed by atoms with E-state index in [4.69, 9.17) is 19.2 Å². The number of likely N-dealkylation sites (tertiary alicyclic amines) is 1. The monoisotopic (exact) mass is 468 g/mol. The first kappa shape index (κ1) is 21.9. The largest absolute Gasteiger partial charge is 0.493 e. The molecule has 0 saturated carbocycles. The zero-order valence-corrected chi connectivity index (χ0v) is 19.8. The molecular formula is C24H28N4O4S. The third-order valence-electron chi connectivity index (χ3n) is 5.85. The molecule has 2 N–H and O–H groups in total. The maximum absolute atomic E-state index is 13.1. The number of carbonyl (C=O) groups is 1. The van der Waals surface area contributed by atoms with E-state index in [2.05, 4.69) is 15.2 Å². The van der Waals surface area contributed by atoms with Crippen LogP contribution in [0, 0.1) is 0 Å². The zero-order chi connectivity index (χ0) is 22.9. The Kier molecular flexibility index (Phi) is 6.07. The number of hydrogen-bond acceptors (Lipinski definition) is 7. The molecule has 5 rings (SSSR count). The Morgan fingerprint density at radius 3 is 2.97 bits per heavy atom. The van der Waals surface area contributed by atoms with Gasteiger partial charge in [-0.3, -0.25) is 9.69 Å². The van der Waals surface area contributed by atoms with Crippen LogP contribution in [0.4, 0.5) is 0 Å². The Balaban J connectivity index is 1.36. The molecule has 174 valence electrons. The summed E-state index contributed by atoms with van der Waals surface area (Å²) in [6, 6.07) is 11.8. The van der Waals surface area contributed by atoms with E-state index in [9.17, 15) is 4.79 Å². The lowest BCUT2D eigenvalue weighted by Crippen LogP contribution is -2.45. The van der Waals surface area contributed by atoms with Crippen LogP contribution >= 0.6 is 11.8 Å². The van der Waals surface area contributed by atoms with E-state index in [-0.39, 0.29) is 30.0 Å². The number of thioether (sulfide) groups is 1. The number of para-hydroxylation sites is 2. The number of fused-ring (bicyclic) bond motifs is 2. The first-order chi connectivity index (χ1) is 16.0. The van der Waals surface area contributed by atoms with Crippen LogP contribution in [0.15, 0.2) is 41.6 Å². The fraction of sp³-hybridized carbons (Fsp3) is 0.417. The maximum Gasteiger partial charge on any atom is 0.237 e. The molecule has 2 atom stereocenters. The summed E-state index contributed by atoms with van der Waals surface area (Å²) in [6.45, 7) is 5.55. The number of ether oxygens (including phenoxy) is 3. The highest BCUT2D eigenvalue weighted by Crippen LogP contribution is 2.42. The molecule has 3 heterocycles. The minimum absolute atomic E-state index is 0.0606. The van der Waals surface area contributed by atoms with Crippen LogP contribution in [0.2, 0.25) is 0 Å². The number of aromatic nitrogens is 2. The first-order valence-corrected chi connectivity index (χ1v) is 12.0. The lowest BCUT2D eigenvalue weighted by molar-refractivity contribution is -0.126. The molecule has 1 aromatic heterocycles. The van der Waals surface area contributed by atoms with Crippen LogP contribution in [0.3, 0.4) is 0 Å². The van der Waals surface area contributed by atoms with E-state index in [1.54, 1.807) is 18.9 Å². The molecule has 0 spiro atoms. The quantitative estimate of drug-likeness (QED) is 0.548. The van der Waals surface area contributed by atoms with Gasteiger partial charge in [-0.1, -0.05) is 23.9 Å². The van der Waals surface area contributed by atoms with Crippen molar-refractivity contribution in [1.29, 1.82) is 0 Å². The van der Waals surface area contributed by atoms with Crippen molar-refractivity contribution in [3.63, 3.8) is 0 Å². The van der Waals surface area contributed by atoms with Gasteiger partial charge in [-0.15, -0.1) is 0 Å². The van der Waals surface area contributed by atoms with Crippen LogP contribution in [0.1, 0.15) is 25.8 Å². The van der Waals surface area contributed by atoms with Gasteiger partial charge in [-0.2, -0.15) is 0 Å². The molecule has 33 heavy (non-hydrogen) atoms. The molecule has 1 amide bonds. The number of hydrogen-bond donors (Lipinski definition) is 2. The Hall–Kier alpha value is -2.91. The number of aromatic amines is 1. The van der Waals surface area contributed by atoms with Gasteiger partial charge in [0.05, 0.1) is 24.2 Å². The summed E-state index contributed by atoms with van der Waals surface area (Å²) in [5.41, 5.74) is 3.00. The summed E-state index contributed by atoms with van der Waals surface area (Å²) in [6.07, 6.45) is 0.752. The van der Waals surface area contributed by atoms with E-state index < -0.39 is 0 Å². The van der Waals surface area contributed by atoms with Crippen LogP contribution < -0.4 is 19.5 Å². The summed E-state index contributed by atoms with van der Waals surface area (Å²) >= 11 is 1.70. The molecule has 8 nitrogen and oxygen atoms in total. The van der Waals surface area contributed by atoms with Crippen molar-refractivity contribution in [2.75, 3.05) is 20.4 Å². The Morgan fingerprint density at radius 1 is 1.33 bits per heavy atom. The minimum Gasteiger partial charge on any atom is -0.493 e. The average Bonchev–Trinajstić information content (AvgIpc) is 3.50. The minimum atomic E-state index is -0.217. The molecule has 1 saturated heterocycles. The predicted octanol–water partition coefficient (Wildman–Crippen LogP) is 3.56. The van der Waals surface area contributed by atoms with Gasteiger partial charge in [0.1, 0.15) is 0 Å². The van der Waals surface area contributed by atoms with Crippen molar-refractivity contribution in [2.45, 2.75) is 49.3 Å². The van der Waals surface area contributed by atoms with Gasteiger partial charge >= 0.3 is 0 Å². The molecule has 0 unspecified atom stereocenters. The number of methoxy groups -OCH3 is 1. The molecule has 2 aliphatic rings. The molecule has 0 bridgehead atoms. The summed E-state index contributed by atoms with van der Waals surface area (Å²) < 4.78 is 16.6. The Bertz CT molecular complexity index is 1130. The SMILES string of the molecule is COc1cc(CN2C[C@H](Sc3nc4ccccc4[nH]3)C[C@H]2C(=O)NC(C)C)cc2c1OCO2. The first-order valence-electron chi connectivity index (χ1n) is 11.1. The molecule has 3 aromatic rings. The zero-order valence-electron chi connectivity index (χ0n) is 19.0. The Labute approximate surface area is 197 Å². The standard InChI is InChI=1S/C24H28N4O4S/c1-14(2)25-23(29)19-10-16(33-24-26-17-6-4-5-7-18(17)27-24)12-28(19)11-15-8-20(30-3)22-21(9-15)31-13-32-22/h4-9,14,16,19H,10-13H2,1-3H3,(H,25,29)(H,26,27)/t16-,19+/m1/s1. The van der Waals surface area contributed by atoms with Gasteiger partial charge in [0, 0.05) is 24.4 Å². The highest BCUT2D eigenvalue weighted by Gasteiger charge is 2.38. The van der Waals surface area contributed by atoms with Gasteiger partial charge < -0.3 is 24.5 Å². The third kappa shape index (κ3) is 4.60. The molecule has 2 aliphatic heterocycles. The molecule has 0 radical (unpaired) electrons. The molecule has 2 aromatic carbocycles. The second-order valence-electron chi connectivity index (χ2n) is 8.68. The summed E-state index contributed by atoms with van der Waals surface area (Å²) in [5.74, 6) is 2.02. The van der Waals surface area contributed by atoms with Gasteiger partial charge in [0.2, 0.25) is 18.4 Å². The van der Waals surface area contributed by atoms with Gasteiger partial charge in [0.25, 0.3) is 0 Å². The lowest BCUT2D eigenvalue weighted by Gasteiger charge is -2.24. The van der Waals surface area contributed by atoms with E-state index >= 15 is 0 Å². The van der Waals surface area contributed by atoms with Gasteiger partial charge in [-0.05, 0) is 50.1 Å². The van der Waals surface area contributed by atoms with E-state index in [0.29, 0.717) is 23.8 Å². The topological polar surface area (TPSA) is 88.7 Å². The third-order valence-corrected chi connectivity index (χ3v) is 6.94. The van der Waals surface area contributed by atoms with Crippen molar-refractivity contribution >= 4 is 28.7 Å². The smallest absolute Gasteiger partial charge is 0.237 e. The molecule has 9 heteroatoms. The summed E-state index contributed by atoms with van der Waals surface area (Å²) in [7, 11) is 1.62. The molecule has 1 fully saturated rings. The number of benzene rings is 2. The number of nitrogens with one attached hydrogen (secondary N) is 2. The fourth-order valence-electron chi connectivity index (χ4n) is 4.43.